The molecule has 0 aliphatic carbocycles. The van der Waals surface area contributed by atoms with E-state index < -0.39 is 0 Å². The third-order valence-corrected chi connectivity index (χ3v) is 5.58. The van der Waals surface area contributed by atoms with Gasteiger partial charge in [-0.15, -0.1) is 0 Å². The summed E-state index contributed by atoms with van der Waals surface area (Å²) >= 11 is 0. The third kappa shape index (κ3) is 3.75. The van der Waals surface area contributed by atoms with Gasteiger partial charge < -0.3 is 14.4 Å². The fourth-order valence-corrected chi connectivity index (χ4v) is 3.97. The highest BCUT2D eigenvalue weighted by Gasteiger charge is 2.27. The molecule has 0 unspecified atom stereocenters. The first-order valence-electron chi connectivity index (χ1n) is 9.65. The predicted octanol–water partition coefficient (Wildman–Crippen LogP) is 4.49. The van der Waals surface area contributed by atoms with E-state index in [-0.39, 0.29) is 17.5 Å². The van der Waals surface area contributed by atoms with Gasteiger partial charge in [-0.05, 0) is 49.2 Å². The van der Waals surface area contributed by atoms with Crippen LogP contribution in [0, 0.1) is 11.7 Å². The number of hydrogen-bond acceptors (Lipinski definition) is 5. The molecular weight excluding hydrogens is 371 g/mol. The summed E-state index contributed by atoms with van der Waals surface area (Å²) in [5.74, 6) is 1.06. The highest BCUT2D eigenvalue weighted by Crippen LogP contribution is 2.37. The maximum atomic E-state index is 13.1. The van der Waals surface area contributed by atoms with Gasteiger partial charge in [0.2, 0.25) is 0 Å². The number of rotatable bonds is 5. The molecule has 0 radical (unpaired) electrons. The van der Waals surface area contributed by atoms with Crippen molar-refractivity contribution in [3.05, 3.63) is 60.2 Å². The standard InChI is InChI=1S/C23H23FN2O3/c1-28-21-11-17-13-25-14-20(19(17)12-22(21)29-2)26-9-7-16(8-10-26)23(27)15-3-5-18(24)6-4-15/h3-6,11-14,16H,7-10H2,1-2H3. The van der Waals surface area contributed by atoms with E-state index in [4.69, 9.17) is 9.47 Å². The van der Waals surface area contributed by atoms with Crippen LogP contribution < -0.4 is 14.4 Å². The van der Waals surface area contributed by atoms with Gasteiger partial charge in [0.1, 0.15) is 5.82 Å². The molecule has 2 heterocycles. The molecule has 1 aliphatic rings. The van der Waals surface area contributed by atoms with Crippen LogP contribution in [0.4, 0.5) is 10.1 Å². The minimum absolute atomic E-state index is 0.0470. The van der Waals surface area contributed by atoms with Crippen molar-refractivity contribution in [1.82, 2.24) is 4.98 Å². The van der Waals surface area contributed by atoms with Gasteiger partial charge in [0, 0.05) is 41.5 Å². The zero-order valence-electron chi connectivity index (χ0n) is 16.5. The Morgan fingerprint density at radius 3 is 2.34 bits per heavy atom. The minimum atomic E-state index is -0.327. The van der Waals surface area contributed by atoms with Crippen LogP contribution in [0.15, 0.2) is 48.8 Å². The molecule has 3 aromatic rings. The largest absolute Gasteiger partial charge is 0.493 e. The molecule has 0 N–H and O–H groups in total. The van der Waals surface area contributed by atoms with E-state index in [1.54, 1.807) is 26.4 Å². The second-order valence-electron chi connectivity index (χ2n) is 7.22. The predicted molar refractivity (Wildman–Crippen MR) is 111 cm³/mol. The van der Waals surface area contributed by atoms with Crippen molar-refractivity contribution in [1.29, 1.82) is 0 Å². The molecule has 1 aliphatic heterocycles. The van der Waals surface area contributed by atoms with E-state index in [2.05, 4.69) is 9.88 Å². The molecule has 1 saturated heterocycles. The molecule has 0 amide bonds. The normalized spacial score (nSPS) is 14.8. The lowest BCUT2D eigenvalue weighted by atomic mass is 9.88. The molecule has 4 rings (SSSR count). The van der Waals surface area contributed by atoms with Crippen molar-refractivity contribution in [3.8, 4) is 11.5 Å². The number of nitrogens with zero attached hydrogens (tertiary/aromatic N) is 2. The van der Waals surface area contributed by atoms with Crippen molar-refractivity contribution in [3.63, 3.8) is 0 Å². The quantitative estimate of drug-likeness (QED) is 0.597. The zero-order chi connectivity index (χ0) is 20.4. The van der Waals surface area contributed by atoms with Crippen molar-refractivity contribution in [2.75, 3.05) is 32.2 Å². The second kappa shape index (κ2) is 8.07. The number of piperidine rings is 1. The monoisotopic (exact) mass is 394 g/mol. The molecule has 0 saturated carbocycles. The van der Waals surface area contributed by atoms with Crippen LogP contribution in [0.1, 0.15) is 23.2 Å². The van der Waals surface area contributed by atoms with Crippen molar-refractivity contribution >= 4 is 22.2 Å². The Morgan fingerprint density at radius 1 is 1.03 bits per heavy atom. The summed E-state index contributed by atoms with van der Waals surface area (Å²) in [4.78, 5) is 19.4. The summed E-state index contributed by atoms with van der Waals surface area (Å²) in [6.45, 7) is 1.51. The van der Waals surface area contributed by atoms with E-state index in [1.165, 1.54) is 12.1 Å². The Labute approximate surface area is 169 Å². The van der Waals surface area contributed by atoms with Crippen LogP contribution in [-0.4, -0.2) is 38.1 Å². The Hall–Kier alpha value is -3.15. The maximum Gasteiger partial charge on any atom is 0.166 e. The molecule has 1 aromatic heterocycles. The summed E-state index contributed by atoms with van der Waals surface area (Å²) in [7, 11) is 3.24. The maximum absolute atomic E-state index is 13.1. The number of benzene rings is 2. The number of hydrogen-bond donors (Lipinski definition) is 0. The van der Waals surface area contributed by atoms with Gasteiger partial charge in [-0.2, -0.15) is 0 Å². The Bertz CT molecular complexity index is 1030. The van der Waals surface area contributed by atoms with Gasteiger partial charge in [0.05, 0.1) is 26.1 Å². The summed E-state index contributed by atoms with van der Waals surface area (Å²) in [6.07, 6.45) is 5.17. The molecule has 29 heavy (non-hydrogen) atoms. The van der Waals surface area contributed by atoms with Crippen LogP contribution in [0.2, 0.25) is 0 Å². The number of carbonyl (C=O) groups excluding carboxylic acids is 1. The number of ketones is 1. The SMILES string of the molecule is COc1cc2cncc(N3CCC(C(=O)c4ccc(F)cc4)CC3)c2cc1OC. The molecular formula is C23H23FN2O3. The second-order valence-corrected chi connectivity index (χ2v) is 7.22. The van der Waals surface area contributed by atoms with Crippen molar-refractivity contribution < 1.29 is 18.7 Å². The number of halogens is 1. The summed E-state index contributed by atoms with van der Waals surface area (Å²) in [5.41, 5.74) is 1.60. The lowest BCUT2D eigenvalue weighted by molar-refractivity contribution is 0.0900. The number of pyridine rings is 1. The van der Waals surface area contributed by atoms with E-state index in [0.29, 0.717) is 17.1 Å². The number of aromatic nitrogens is 1. The first-order chi connectivity index (χ1) is 14.1. The summed E-state index contributed by atoms with van der Waals surface area (Å²) < 4.78 is 24.0. The van der Waals surface area contributed by atoms with Gasteiger partial charge in [0.15, 0.2) is 17.3 Å². The zero-order valence-corrected chi connectivity index (χ0v) is 16.5. The van der Waals surface area contributed by atoms with Crippen LogP contribution in [0.25, 0.3) is 10.8 Å². The van der Waals surface area contributed by atoms with E-state index >= 15 is 0 Å². The first-order valence-corrected chi connectivity index (χ1v) is 9.65. The molecule has 0 bridgehead atoms. The fourth-order valence-electron chi connectivity index (χ4n) is 3.97. The number of anilines is 1. The van der Waals surface area contributed by atoms with Crippen LogP contribution in [0.3, 0.4) is 0 Å². The number of Topliss-reactive ketones (excluding diaryl/α,β-unsaturated/α-hetero) is 1. The minimum Gasteiger partial charge on any atom is -0.493 e. The van der Waals surface area contributed by atoms with E-state index in [0.717, 1.165) is 42.4 Å². The molecule has 0 spiro atoms. The van der Waals surface area contributed by atoms with Crippen LogP contribution >= 0.6 is 0 Å². The van der Waals surface area contributed by atoms with Gasteiger partial charge >= 0.3 is 0 Å². The van der Waals surface area contributed by atoms with E-state index in [9.17, 15) is 9.18 Å². The van der Waals surface area contributed by atoms with Crippen LogP contribution in [0.5, 0.6) is 11.5 Å². The molecule has 5 nitrogen and oxygen atoms in total. The average Bonchev–Trinajstić information content (AvgIpc) is 2.77. The highest BCUT2D eigenvalue weighted by molar-refractivity contribution is 5.98. The molecule has 6 heteroatoms. The lowest BCUT2D eigenvalue weighted by Gasteiger charge is -2.33. The van der Waals surface area contributed by atoms with Gasteiger partial charge in [-0.1, -0.05) is 0 Å². The van der Waals surface area contributed by atoms with Gasteiger partial charge in [-0.25, -0.2) is 4.39 Å². The van der Waals surface area contributed by atoms with Crippen molar-refractivity contribution in [2.45, 2.75) is 12.8 Å². The Kier molecular flexibility index (Phi) is 5.34. The number of ether oxygens (including phenoxy) is 2. The molecule has 1 fully saturated rings. The molecule has 0 atom stereocenters. The summed E-state index contributed by atoms with van der Waals surface area (Å²) in [6, 6.07) is 9.71. The molecule has 2 aromatic carbocycles. The number of carbonyl (C=O) groups is 1. The topological polar surface area (TPSA) is 51.7 Å². The Morgan fingerprint density at radius 2 is 1.69 bits per heavy atom. The molecule has 150 valence electrons. The summed E-state index contributed by atoms with van der Waals surface area (Å²) in [5, 5.41) is 2.02. The van der Waals surface area contributed by atoms with Crippen LogP contribution in [-0.2, 0) is 0 Å². The third-order valence-electron chi connectivity index (χ3n) is 5.58. The number of fused-ring (bicyclic) bond motifs is 1. The fraction of sp³-hybridized carbons (Fsp3) is 0.304. The average molecular weight is 394 g/mol. The van der Waals surface area contributed by atoms with Crippen molar-refractivity contribution in [2.24, 2.45) is 5.92 Å². The smallest absolute Gasteiger partial charge is 0.166 e. The first kappa shape index (κ1) is 19.2. The Balaban J connectivity index is 1.54. The lowest BCUT2D eigenvalue weighted by Crippen LogP contribution is -2.36. The van der Waals surface area contributed by atoms with Gasteiger partial charge in [-0.3, -0.25) is 9.78 Å². The highest BCUT2D eigenvalue weighted by atomic mass is 19.1. The van der Waals surface area contributed by atoms with Gasteiger partial charge in [0.25, 0.3) is 0 Å². The van der Waals surface area contributed by atoms with E-state index in [1.807, 2.05) is 24.5 Å². The number of methoxy groups -OCH3 is 2.